The predicted molar refractivity (Wildman–Crippen MR) is 83.9 cm³/mol. The molecular formula is C15H19NO2S2. The molecule has 3 nitrogen and oxygen atoms in total. The van der Waals surface area contributed by atoms with E-state index in [1.807, 2.05) is 24.6 Å². The summed E-state index contributed by atoms with van der Waals surface area (Å²) < 4.78 is 24.4. The Kier molecular flexibility index (Phi) is 4.96. The monoisotopic (exact) mass is 309 g/mol. The molecule has 0 radical (unpaired) electrons. The molecule has 0 saturated heterocycles. The Labute approximate surface area is 124 Å². The van der Waals surface area contributed by atoms with E-state index in [9.17, 15) is 8.42 Å². The minimum absolute atomic E-state index is 0.142. The Bertz CT molecular complexity index is 621. The van der Waals surface area contributed by atoms with Crippen molar-refractivity contribution in [2.24, 2.45) is 0 Å². The van der Waals surface area contributed by atoms with Crippen molar-refractivity contribution in [3.05, 3.63) is 52.7 Å². The van der Waals surface area contributed by atoms with Crippen molar-refractivity contribution in [2.45, 2.75) is 17.9 Å². The van der Waals surface area contributed by atoms with E-state index in [1.54, 1.807) is 35.6 Å². The lowest BCUT2D eigenvalue weighted by Gasteiger charge is -2.23. The molecule has 0 aliphatic rings. The van der Waals surface area contributed by atoms with Gasteiger partial charge in [-0.25, -0.2) is 8.42 Å². The highest BCUT2D eigenvalue weighted by Crippen LogP contribution is 2.23. The minimum Gasteiger partial charge on any atom is -0.298 e. The van der Waals surface area contributed by atoms with Gasteiger partial charge in [-0.15, -0.1) is 11.3 Å². The van der Waals surface area contributed by atoms with Gasteiger partial charge in [0.2, 0.25) is 0 Å². The summed E-state index contributed by atoms with van der Waals surface area (Å²) in [7, 11) is -1.23. The first-order valence-electron chi connectivity index (χ1n) is 6.52. The Hall–Kier alpha value is -1.17. The van der Waals surface area contributed by atoms with E-state index in [2.05, 4.69) is 17.9 Å². The van der Waals surface area contributed by atoms with Crippen LogP contribution in [-0.2, 0) is 9.84 Å². The second kappa shape index (κ2) is 6.52. The Morgan fingerprint density at radius 2 is 1.85 bits per heavy atom. The molecule has 1 aromatic heterocycles. The average Bonchev–Trinajstić information content (AvgIpc) is 2.99. The summed E-state index contributed by atoms with van der Waals surface area (Å²) in [5, 5.41) is 2.04. The average molecular weight is 309 g/mol. The second-order valence-corrected chi connectivity index (χ2v) is 7.89. The fourth-order valence-corrected chi connectivity index (χ4v) is 4.13. The highest BCUT2D eigenvalue weighted by Gasteiger charge is 2.18. The van der Waals surface area contributed by atoms with Crippen molar-refractivity contribution in [1.82, 2.24) is 4.90 Å². The highest BCUT2D eigenvalue weighted by atomic mass is 32.2. The van der Waals surface area contributed by atoms with Crippen LogP contribution in [0.25, 0.3) is 0 Å². The second-order valence-electron chi connectivity index (χ2n) is 4.80. The van der Waals surface area contributed by atoms with Gasteiger partial charge in [-0.2, -0.15) is 0 Å². The van der Waals surface area contributed by atoms with E-state index < -0.39 is 9.84 Å². The van der Waals surface area contributed by atoms with Gasteiger partial charge in [-0.05, 0) is 37.6 Å². The molecule has 1 aromatic carbocycles. The molecule has 0 saturated carbocycles. The van der Waals surface area contributed by atoms with Gasteiger partial charge in [0.25, 0.3) is 0 Å². The molecule has 108 valence electrons. The smallest absolute Gasteiger partial charge is 0.179 e. The number of benzene rings is 1. The number of hydrogen-bond donors (Lipinski definition) is 0. The molecular weight excluding hydrogens is 290 g/mol. The number of rotatable bonds is 6. The zero-order valence-corrected chi connectivity index (χ0v) is 13.3. The summed E-state index contributed by atoms with van der Waals surface area (Å²) >= 11 is 1.70. The van der Waals surface area contributed by atoms with Crippen molar-refractivity contribution < 1.29 is 8.42 Å². The molecule has 0 aliphatic carbocycles. The predicted octanol–water partition coefficient (Wildman–Crippen LogP) is 3.21. The van der Waals surface area contributed by atoms with E-state index in [-0.39, 0.29) is 11.8 Å². The number of nitrogens with zero attached hydrogens (tertiary/aromatic N) is 1. The molecule has 1 heterocycles. The van der Waals surface area contributed by atoms with Gasteiger partial charge in [0.1, 0.15) is 0 Å². The molecule has 0 amide bonds. The first-order valence-corrected chi connectivity index (χ1v) is 9.05. The van der Waals surface area contributed by atoms with Crippen molar-refractivity contribution in [1.29, 1.82) is 0 Å². The quantitative estimate of drug-likeness (QED) is 0.822. The molecule has 2 rings (SSSR count). The van der Waals surface area contributed by atoms with Crippen LogP contribution in [0, 0.1) is 0 Å². The standard InChI is InChI=1S/C15H19NO2S2/c1-13(15-9-6-11-19-15)16(2)10-12-20(17,18)14-7-4-3-5-8-14/h3-9,11,13H,10,12H2,1-2H3. The topological polar surface area (TPSA) is 37.4 Å². The van der Waals surface area contributed by atoms with Gasteiger partial charge in [0.05, 0.1) is 10.6 Å². The fraction of sp³-hybridized carbons (Fsp3) is 0.333. The number of hydrogen-bond acceptors (Lipinski definition) is 4. The summed E-state index contributed by atoms with van der Waals surface area (Å²) in [6, 6.07) is 13.0. The van der Waals surface area contributed by atoms with Crippen LogP contribution in [0.3, 0.4) is 0 Å². The third kappa shape index (κ3) is 3.69. The van der Waals surface area contributed by atoms with E-state index in [1.165, 1.54) is 4.88 Å². The molecule has 1 atom stereocenters. The third-order valence-corrected chi connectivity index (χ3v) is 6.18. The van der Waals surface area contributed by atoms with E-state index in [4.69, 9.17) is 0 Å². The maximum atomic E-state index is 12.2. The lowest BCUT2D eigenvalue weighted by Crippen LogP contribution is -2.28. The SMILES string of the molecule is CC(c1cccs1)N(C)CCS(=O)(=O)c1ccccc1. The van der Waals surface area contributed by atoms with Crippen LogP contribution in [-0.4, -0.2) is 32.7 Å². The van der Waals surface area contributed by atoms with Crippen molar-refractivity contribution >= 4 is 21.2 Å². The maximum Gasteiger partial charge on any atom is 0.179 e. The molecule has 0 spiro atoms. The molecule has 0 fully saturated rings. The van der Waals surface area contributed by atoms with Gasteiger partial charge in [0, 0.05) is 17.5 Å². The lowest BCUT2D eigenvalue weighted by molar-refractivity contribution is 0.280. The van der Waals surface area contributed by atoms with Crippen LogP contribution in [0.2, 0.25) is 0 Å². The zero-order valence-electron chi connectivity index (χ0n) is 11.7. The van der Waals surface area contributed by atoms with Crippen LogP contribution < -0.4 is 0 Å². The van der Waals surface area contributed by atoms with Gasteiger partial charge in [-0.3, -0.25) is 4.90 Å². The van der Waals surface area contributed by atoms with Gasteiger partial charge >= 0.3 is 0 Å². The third-order valence-electron chi connectivity index (χ3n) is 3.43. The van der Waals surface area contributed by atoms with Crippen LogP contribution in [0.15, 0.2) is 52.7 Å². The summed E-state index contributed by atoms with van der Waals surface area (Å²) in [4.78, 5) is 3.73. The van der Waals surface area contributed by atoms with Gasteiger partial charge < -0.3 is 0 Å². The Morgan fingerprint density at radius 3 is 2.45 bits per heavy atom. The molecule has 0 N–H and O–H groups in total. The van der Waals surface area contributed by atoms with Crippen LogP contribution >= 0.6 is 11.3 Å². The summed E-state index contributed by atoms with van der Waals surface area (Å²) in [5.41, 5.74) is 0. The van der Waals surface area contributed by atoms with E-state index in [0.29, 0.717) is 11.4 Å². The highest BCUT2D eigenvalue weighted by molar-refractivity contribution is 7.91. The lowest BCUT2D eigenvalue weighted by atomic mass is 10.2. The number of sulfone groups is 1. The van der Waals surface area contributed by atoms with E-state index in [0.717, 1.165) is 0 Å². The largest absolute Gasteiger partial charge is 0.298 e. The van der Waals surface area contributed by atoms with Crippen LogP contribution in [0.1, 0.15) is 17.8 Å². The molecule has 20 heavy (non-hydrogen) atoms. The first kappa shape index (κ1) is 15.2. The van der Waals surface area contributed by atoms with Crippen molar-refractivity contribution in [2.75, 3.05) is 19.3 Å². The molecule has 0 aliphatic heterocycles. The summed E-state index contributed by atoms with van der Waals surface area (Å²) in [6.07, 6.45) is 0. The normalized spacial score (nSPS) is 13.6. The Morgan fingerprint density at radius 1 is 1.15 bits per heavy atom. The fourth-order valence-electron chi connectivity index (χ4n) is 1.95. The molecule has 1 unspecified atom stereocenters. The van der Waals surface area contributed by atoms with Crippen molar-refractivity contribution in [3.63, 3.8) is 0 Å². The molecule has 5 heteroatoms. The van der Waals surface area contributed by atoms with Crippen LogP contribution in [0.5, 0.6) is 0 Å². The van der Waals surface area contributed by atoms with E-state index >= 15 is 0 Å². The zero-order chi connectivity index (χ0) is 14.6. The molecule has 0 bridgehead atoms. The number of thiophene rings is 1. The summed E-state index contributed by atoms with van der Waals surface area (Å²) in [6.45, 7) is 2.62. The van der Waals surface area contributed by atoms with Crippen molar-refractivity contribution in [3.8, 4) is 0 Å². The van der Waals surface area contributed by atoms with Gasteiger partial charge in [0.15, 0.2) is 9.84 Å². The Balaban J connectivity index is 1.98. The molecule has 2 aromatic rings. The first-order chi connectivity index (χ1) is 9.50. The minimum atomic E-state index is -3.20. The van der Waals surface area contributed by atoms with Crippen LogP contribution in [0.4, 0.5) is 0 Å². The maximum absolute atomic E-state index is 12.2. The summed E-state index contributed by atoms with van der Waals surface area (Å²) in [5.74, 6) is 0.142. The van der Waals surface area contributed by atoms with Gasteiger partial charge in [-0.1, -0.05) is 24.3 Å².